The molecule has 1 amide bonds. The van der Waals surface area contributed by atoms with Gasteiger partial charge in [0.15, 0.2) is 0 Å². The van der Waals surface area contributed by atoms with Gasteiger partial charge in [-0.25, -0.2) is 0 Å². The predicted molar refractivity (Wildman–Crippen MR) is 126 cm³/mol. The summed E-state index contributed by atoms with van der Waals surface area (Å²) in [6.07, 6.45) is 4.51. The second kappa shape index (κ2) is 9.01. The summed E-state index contributed by atoms with van der Waals surface area (Å²) in [4.78, 5) is 20.3. The highest BCUT2D eigenvalue weighted by molar-refractivity contribution is 5.94. The quantitative estimate of drug-likeness (QED) is 0.829. The van der Waals surface area contributed by atoms with Crippen molar-refractivity contribution in [3.05, 3.63) is 65.2 Å². The molecule has 5 heteroatoms. The van der Waals surface area contributed by atoms with Crippen LogP contribution in [0.5, 0.6) is 0 Å². The van der Waals surface area contributed by atoms with Gasteiger partial charge in [0.25, 0.3) is 5.91 Å². The Hall–Kier alpha value is -2.37. The summed E-state index contributed by atoms with van der Waals surface area (Å²) in [7, 11) is 2.17. The number of hydrogen-bond donors (Lipinski definition) is 1. The Morgan fingerprint density at radius 1 is 0.903 bits per heavy atom. The molecule has 0 aromatic heterocycles. The second-order valence-corrected chi connectivity index (χ2v) is 9.48. The van der Waals surface area contributed by atoms with Crippen LogP contribution in [0, 0.1) is 0 Å². The number of benzene rings is 2. The molecule has 1 atom stereocenters. The Morgan fingerprint density at radius 2 is 1.58 bits per heavy atom. The molecule has 0 radical (unpaired) electrons. The van der Waals surface area contributed by atoms with Crippen molar-refractivity contribution in [2.75, 3.05) is 51.2 Å². The predicted octanol–water partition coefficient (Wildman–Crippen LogP) is 2.80. The van der Waals surface area contributed by atoms with Crippen LogP contribution < -0.4 is 10.2 Å². The van der Waals surface area contributed by atoms with Gasteiger partial charge in [-0.3, -0.25) is 9.69 Å². The fraction of sp³-hybridized carbons (Fsp3) is 0.500. The molecule has 2 heterocycles. The first-order chi connectivity index (χ1) is 15.2. The molecule has 0 saturated carbocycles. The Kier molecular flexibility index (Phi) is 5.97. The number of carbonyl (C=O) groups excluding carboxylic acids is 1. The van der Waals surface area contributed by atoms with Crippen LogP contribution in [0.2, 0.25) is 0 Å². The van der Waals surface area contributed by atoms with Gasteiger partial charge in [0.2, 0.25) is 0 Å². The van der Waals surface area contributed by atoms with Crippen molar-refractivity contribution in [1.29, 1.82) is 0 Å². The number of hydrogen-bond acceptors (Lipinski definition) is 4. The highest BCUT2D eigenvalue weighted by atomic mass is 16.1. The molecule has 0 bridgehead atoms. The number of likely N-dealkylation sites (tertiary alicyclic amines) is 1. The number of nitrogens with zero attached hydrogens (tertiary/aromatic N) is 3. The van der Waals surface area contributed by atoms with Crippen LogP contribution in [-0.4, -0.2) is 74.1 Å². The lowest BCUT2D eigenvalue weighted by Gasteiger charge is -2.37. The van der Waals surface area contributed by atoms with Crippen molar-refractivity contribution in [1.82, 2.24) is 15.1 Å². The van der Waals surface area contributed by atoms with Gasteiger partial charge < -0.3 is 15.1 Å². The van der Waals surface area contributed by atoms with Gasteiger partial charge in [-0.05, 0) is 74.7 Å². The molecule has 2 aromatic carbocycles. The lowest BCUT2D eigenvalue weighted by molar-refractivity contribution is 0.0876. The van der Waals surface area contributed by atoms with Crippen LogP contribution in [-0.2, 0) is 12.8 Å². The zero-order valence-electron chi connectivity index (χ0n) is 18.6. The third-order valence-electron chi connectivity index (χ3n) is 7.33. The van der Waals surface area contributed by atoms with Crippen molar-refractivity contribution in [3.63, 3.8) is 0 Å². The van der Waals surface area contributed by atoms with Gasteiger partial charge in [0, 0.05) is 56.1 Å². The van der Waals surface area contributed by atoms with E-state index in [1.54, 1.807) is 0 Å². The largest absolute Gasteiger partial charge is 0.369 e. The summed E-state index contributed by atoms with van der Waals surface area (Å²) in [6, 6.07) is 17.8. The summed E-state index contributed by atoms with van der Waals surface area (Å²) < 4.78 is 0. The standard InChI is InChI=1S/C26H34N4O/c1-28-13-15-29(16-14-28)24-10-8-20(9-11-24)26(31)27-23-7-4-12-30(19-23)25-17-21-5-2-3-6-22(21)18-25/h2-3,5-6,8-11,23,25H,4,7,12-19H2,1H3,(H,27,31)/t23-/m0/s1. The lowest BCUT2D eigenvalue weighted by Crippen LogP contribution is -2.51. The lowest BCUT2D eigenvalue weighted by atomic mass is 10.0. The highest BCUT2D eigenvalue weighted by Crippen LogP contribution is 2.27. The number of piperazine rings is 1. The fourth-order valence-electron chi connectivity index (χ4n) is 5.41. The van der Waals surface area contributed by atoms with Gasteiger partial charge in [-0.2, -0.15) is 0 Å². The molecule has 1 aliphatic carbocycles. The Morgan fingerprint density at radius 3 is 2.26 bits per heavy atom. The molecular weight excluding hydrogens is 384 g/mol. The molecule has 2 aliphatic heterocycles. The minimum absolute atomic E-state index is 0.0616. The van der Waals surface area contributed by atoms with Crippen molar-refractivity contribution in [2.24, 2.45) is 0 Å². The summed E-state index contributed by atoms with van der Waals surface area (Å²) in [5.74, 6) is 0.0616. The van der Waals surface area contributed by atoms with E-state index in [1.807, 2.05) is 12.1 Å². The number of nitrogens with one attached hydrogen (secondary N) is 1. The maximum Gasteiger partial charge on any atom is 0.251 e. The van der Waals surface area contributed by atoms with Crippen molar-refractivity contribution >= 4 is 11.6 Å². The number of amides is 1. The van der Waals surface area contributed by atoms with Crippen LogP contribution in [0.25, 0.3) is 0 Å². The normalized spacial score (nSPS) is 23.0. The van der Waals surface area contributed by atoms with E-state index >= 15 is 0 Å². The number of piperidine rings is 1. The third kappa shape index (κ3) is 4.63. The molecule has 1 N–H and O–H groups in total. The van der Waals surface area contributed by atoms with E-state index in [1.165, 1.54) is 16.8 Å². The molecule has 2 saturated heterocycles. The van der Waals surface area contributed by atoms with Crippen LogP contribution >= 0.6 is 0 Å². The van der Waals surface area contributed by atoms with Crippen LogP contribution in [0.1, 0.15) is 34.3 Å². The van der Waals surface area contributed by atoms with Crippen molar-refractivity contribution < 1.29 is 4.79 Å². The number of likely N-dealkylation sites (N-methyl/N-ethyl adjacent to an activating group) is 1. The van der Waals surface area contributed by atoms with E-state index < -0.39 is 0 Å². The zero-order chi connectivity index (χ0) is 21.2. The molecule has 5 nitrogen and oxygen atoms in total. The van der Waals surface area contributed by atoms with Gasteiger partial charge in [0.1, 0.15) is 0 Å². The Balaban J connectivity index is 1.16. The van der Waals surface area contributed by atoms with E-state index in [4.69, 9.17) is 0 Å². The van der Waals surface area contributed by atoms with E-state index in [0.29, 0.717) is 6.04 Å². The van der Waals surface area contributed by atoms with E-state index in [-0.39, 0.29) is 11.9 Å². The SMILES string of the molecule is CN1CCN(c2ccc(C(=O)N[C@H]3CCCN(C4Cc5ccccc5C4)C3)cc2)CC1. The number of anilines is 1. The average molecular weight is 419 g/mol. The van der Waals surface area contributed by atoms with Gasteiger partial charge in [-0.15, -0.1) is 0 Å². The molecule has 2 fully saturated rings. The summed E-state index contributed by atoms with van der Waals surface area (Å²) in [5.41, 5.74) is 4.98. The molecule has 164 valence electrons. The monoisotopic (exact) mass is 418 g/mol. The number of carbonyl (C=O) groups is 1. The maximum atomic E-state index is 12.9. The molecule has 2 aromatic rings. The molecule has 31 heavy (non-hydrogen) atoms. The summed E-state index contributed by atoms with van der Waals surface area (Å²) >= 11 is 0. The van der Waals surface area contributed by atoms with Gasteiger partial charge in [-0.1, -0.05) is 24.3 Å². The average Bonchev–Trinajstić information content (AvgIpc) is 3.24. The van der Waals surface area contributed by atoms with E-state index in [9.17, 15) is 4.79 Å². The minimum Gasteiger partial charge on any atom is -0.369 e. The molecular formula is C26H34N4O. The first-order valence-corrected chi connectivity index (χ1v) is 11.8. The van der Waals surface area contributed by atoms with Crippen LogP contribution in [0.15, 0.2) is 48.5 Å². The van der Waals surface area contributed by atoms with Crippen LogP contribution in [0.4, 0.5) is 5.69 Å². The fourth-order valence-corrected chi connectivity index (χ4v) is 5.41. The smallest absolute Gasteiger partial charge is 0.251 e. The van der Waals surface area contributed by atoms with E-state index in [2.05, 4.69) is 63.5 Å². The minimum atomic E-state index is 0.0616. The molecule has 0 unspecified atom stereocenters. The number of rotatable bonds is 4. The Labute approximate surface area is 186 Å². The van der Waals surface area contributed by atoms with Crippen LogP contribution in [0.3, 0.4) is 0 Å². The molecule has 3 aliphatic rings. The topological polar surface area (TPSA) is 38.8 Å². The first-order valence-electron chi connectivity index (χ1n) is 11.8. The summed E-state index contributed by atoms with van der Waals surface area (Å²) in [6.45, 7) is 6.38. The number of fused-ring (bicyclic) bond motifs is 1. The van der Waals surface area contributed by atoms with Crippen molar-refractivity contribution in [2.45, 2.75) is 37.8 Å². The highest BCUT2D eigenvalue weighted by Gasteiger charge is 2.31. The first kappa shape index (κ1) is 20.5. The zero-order valence-corrected chi connectivity index (χ0v) is 18.6. The summed E-state index contributed by atoms with van der Waals surface area (Å²) in [5, 5.41) is 3.31. The van der Waals surface area contributed by atoms with Crippen molar-refractivity contribution in [3.8, 4) is 0 Å². The molecule has 5 rings (SSSR count). The Bertz CT molecular complexity index is 879. The maximum absolute atomic E-state index is 12.9. The second-order valence-electron chi connectivity index (χ2n) is 9.48. The van der Waals surface area contributed by atoms with Gasteiger partial charge in [0.05, 0.1) is 0 Å². The van der Waals surface area contributed by atoms with Gasteiger partial charge >= 0.3 is 0 Å². The molecule has 0 spiro atoms. The third-order valence-corrected chi connectivity index (χ3v) is 7.33. The van der Waals surface area contributed by atoms with E-state index in [0.717, 1.165) is 70.5 Å².